The van der Waals surface area contributed by atoms with Crippen LogP contribution < -0.4 is 5.73 Å². The second-order valence-electron chi connectivity index (χ2n) is 5.16. The highest BCUT2D eigenvalue weighted by Gasteiger charge is 2.33. The predicted molar refractivity (Wildman–Crippen MR) is 74.5 cm³/mol. The summed E-state index contributed by atoms with van der Waals surface area (Å²) in [5, 5.41) is 0. The summed E-state index contributed by atoms with van der Waals surface area (Å²) in [6, 6.07) is 5.75. The zero-order valence-corrected chi connectivity index (χ0v) is 11.0. The second-order valence-corrected chi connectivity index (χ2v) is 5.16. The van der Waals surface area contributed by atoms with Crippen LogP contribution in [0.2, 0.25) is 0 Å². The van der Waals surface area contributed by atoms with Crippen LogP contribution >= 0.6 is 0 Å². The maximum absolute atomic E-state index is 12.4. The third-order valence-corrected chi connectivity index (χ3v) is 3.60. The van der Waals surface area contributed by atoms with Gasteiger partial charge in [0.05, 0.1) is 5.56 Å². The highest BCUT2D eigenvalue weighted by Crippen LogP contribution is 2.35. The van der Waals surface area contributed by atoms with Gasteiger partial charge in [0.2, 0.25) is 0 Å². The van der Waals surface area contributed by atoms with Crippen molar-refractivity contribution in [2.75, 3.05) is 18.8 Å². The van der Waals surface area contributed by atoms with Crippen molar-refractivity contribution >= 4 is 11.6 Å². The summed E-state index contributed by atoms with van der Waals surface area (Å²) < 4.78 is 0. The molecule has 2 N–H and O–H groups in total. The molecule has 0 bridgehead atoms. The Labute approximate surface area is 108 Å². The molecule has 0 spiro atoms. The summed E-state index contributed by atoms with van der Waals surface area (Å²) in [6.07, 6.45) is 1.76. The molecule has 0 aliphatic carbocycles. The van der Waals surface area contributed by atoms with Gasteiger partial charge < -0.3 is 10.6 Å². The van der Waals surface area contributed by atoms with Crippen molar-refractivity contribution in [1.82, 2.24) is 4.90 Å². The first-order valence-electron chi connectivity index (χ1n) is 6.34. The van der Waals surface area contributed by atoms with Crippen molar-refractivity contribution in [3.05, 3.63) is 42.0 Å². The zero-order valence-electron chi connectivity index (χ0n) is 11.0. The Bertz CT molecular complexity index is 479. The van der Waals surface area contributed by atoms with E-state index < -0.39 is 0 Å². The number of fused-ring (bicyclic) bond motifs is 1. The Balaban J connectivity index is 2.51. The Morgan fingerprint density at radius 3 is 2.89 bits per heavy atom. The topological polar surface area (TPSA) is 46.3 Å². The lowest BCUT2D eigenvalue weighted by molar-refractivity contribution is 0.0731. The molecule has 2 rings (SSSR count). The smallest absolute Gasteiger partial charge is 0.256 e. The third kappa shape index (κ3) is 2.01. The lowest BCUT2D eigenvalue weighted by atomic mass is 9.81. The number of nitrogens with zero attached hydrogens (tertiary/aromatic N) is 1. The van der Waals surface area contributed by atoms with Gasteiger partial charge in [0.1, 0.15) is 0 Å². The molecule has 1 unspecified atom stereocenters. The highest BCUT2D eigenvalue weighted by atomic mass is 16.2. The van der Waals surface area contributed by atoms with Gasteiger partial charge in [-0.3, -0.25) is 4.79 Å². The molecule has 96 valence electrons. The molecule has 1 aliphatic heterocycles. The van der Waals surface area contributed by atoms with Gasteiger partial charge in [0.25, 0.3) is 5.91 Å². The van der Waals surface area contributed by atoms with Crippen LogP contribution in [0.5, 0.6) is 0 Å². The highest BCUT2D eigenvalue weighted by molar-refractivity contribution is 6.02. The minimum absolute atomic E-state index is 0.0277. The Morgan fingerprint density at radius 2 is 2.28 bits per heavy atom. The van der Waals surface area contributed by atoms with E-state index in [1.54, 1.807) is 12.1 Å². The number of hydrogen-bond donors (Lipinski definition) is 1. The molecule has 0 fully saturated rings. The lowest BCUT2D eigenvalue weighted by Gasteiger charge is -2.36. The molecule has 18 heavy (non-hydrogen) atoms. The van der Waals surface area contributed by atoms with E-state index in [4.69, 9.17) is 5.73 Å². The van der Waals surface area contributed by atoms with Crippen molar-refractivity contribution in [3.63, 3.8) is 0 Å². The molecule has 1 aliphatic rings. The average Bonchev–Trinajstić information content (AvgIpc) is 2.32. The number of rotatable bonds is 3. The van der Waals surface area contributed by atoms with Crippen LogP contribution in [0.15, 0.2) is 30.9 Å². The summed E-state index contributed by atoms with van der Waals surface area (Å²) in [7, 11) is 0. The van der Waals surface area contributed by atoms with Crippen molar-refractivity contribution in [2.45, 2.75) is 19.8 Å². The molecular weight excluding hydrogens is 224 g/mol. The van der Waals surface area contributed by atoms with E-state index in [1.165, 1.54) is 0 Å². The number of benzene rings is 1. The van der Waals surface area contributed by atoms with Crippen molar-refractivity contribution in [2.24, 2.45) is 5.92 Å². The fourth-order valence-corrected chi connectivity index (χ4v) is 2.60. The van der Waals surface area contributed by atoms with E-state index in [0.717, 1.165) is 12.1 Å². The van der Waals surface area contributed by atoms with Crippen LogP contribution in [-0.2, 0) is 0 Å². The molecule has 1 aromatic rings. The number of hydrogen-bond acceptors (Lipinski definition) is 2. The number of carbonyl (C=O) groups excluding carboxylic acids is 1. The van der Waals surface area contributed by atoms with Crippen molar-refractivity contribution in [1.29, 1.82) is 0 Å². The number of nitrogens with two attached hydrogens (primary N) is 1. The standard InChI is InChI=1S/C15H20N2O/c1-4-8-17-9-12(10(2)3)11-6-5-7-13(16)14(11)15(17)18/h4-7,10,12H,1,8-9,16H2,2-3H3. The van der Waals surface area contributed by atoms with E-state index in [1.807, 2.05) is 17.0 Å². The summed E-state index contributed by atoms with van der Waals surface area (Å²) in [5.74, 6) is 0.854. The quantitative estimate of drug-likeness (QED) is 0.656. The molecular formula is C15H20N2O. The van der Waals surface area contributed by atoms with Gasteiger partial charge in [-0.2, -0.15) is 0 Å². The average molecular weight is 244 g/mol. The molecule has 0 aromatic heterocycles. The Morgan fingerprint density at radius 1 is 1.56 bits per heavy atom. The van der Waals surface area contributed by atoms with Gasteiger partial charge in [-0.1, -0.05) is 32.1 Å². The van der Waals surface area contributed by atoms with Gasteiger partial charge in [0.15, 0.2) is 0 Å². The molecule has 0 saturated carbocycles. The molecule has 3 heteroatoms. The van der Waals surface area contributed by atoms with E-state index in [9.17, 15) is 4.79 Å². The Hall–Kier alpha value is -1.77. The maximum atomic E-state index is 12.4. The molecule has 1 amide bonds. The number of anilines is 1. The summed E-state index contributed by atoms with van der Waals surface area (Å²) in [4.78, 5) is 14.2. The first kappa shape index (κ1) is 12.7. The molecule has 1 atom stereocenters. The van der Waals surface area contributed by atoms with Crippen LogP contribution in [0.4, 0.5) is 5.69 Å². The zero-order chi connectivity index (χ0) is 13.3. The molecule has 0 radical (unpaired) electrons. The number of carbonyl (C=O) groups is 1. The normalized spacial score (nSPS) is 18.9. The fourth-order valence-electron chi connectivity index (χ4n) is 2.60. The number of amides is 1. The molecule has 3 nitrogen and oxygen atoms in total. The van der Waals surface area contributed by atoms with Crippen molar-refractivity contribution in [3.8, 4) is 0 Å². The first-order valence-corrected chi connectivity index (χ1v) is 6.34. The van der Waals surface area contributed by atoms with Gasteiger partial charge in [-0.05, 0) is 17.5 Å². The van der Waals surface area contributed by atoms with E-state index in [-0.39, 0.29) is 5.91 Å². The third-order valence-electron chi connectivity index (χ3n) is 3.60. The fraction of sp³-hybridized carbons (Fsp3) is 0.400. The number of nitrogen functional groups attached to an aromatic ring is 1. The van der Waals surface area contributed by atoms with Crippen LogP contribution in [0, 0.1) is 5.92 Å². The summed E-state index contributed by atoms with van der Waals surface area (Å²) in [5.41, 5.74) is 8.34. The summed E-state index contributed by atoms with van der Waals surface area (Å²) >= 11 is 0. The monoisotopic (exact) mass is 244 g/mol. The van der Waals surface area contributed by atoms with Gasteiger partial charge in [-0.25, -0.2) is 0 Å². The van der Waals surface area contributed by atoms with Crippen LogP contribution in [0.3, 0.4) is 0 Å². The van der Waals surface area contributed by atoms with E-state index >= 15 is 0 Å². The van der Waals surface area contributed by atoms with E-state index in [0.29, 0.717) is 29.6 Å². The van der Waals surface area contributed by atoms with Crippen LogP contribution in [0.1, 0.15) is 35.7 Å². The van der Waals surface area contributed by atoms with Crippen molar-refractivity contribution < 1.29 is 4.79 Å². The molecule has 0 saturated heterocycles. The molecule has 1 aromatic carbocycles. The SMILES string of the molecule is C=CCN1CC(C(C)C)c2cccc(N)c2C1=O. The van der Waals surface area contributed by atoms with E-state index in [2.05, 4.69) is 20.4 Å². The molecule has 1 heterocycles. The van der Waals surface area contributed by atoms with Gasteiger partial charge >= 0.3 is 0 Å². The van der Waals surface area contributed by atoms with Gasteiger partial charge in [0, 0.05) is 24.7 Å². The van der Waals surface area contributed by atoms with Crippen LogP contribution in [0.25, 0.3) is 0 Å². The second kappa shape index (κ2) is 4.84. The predicted octanol–water partition coefficient (Wildman–Crippen LogP) is 2.65. The van der Waals surface area contributed by atoms with Gasteiger partial charge in [-0.15, -0.1) is 6.58 Å². The maximum Gasteiger partial charge on any atom is 0.256 e. The minimum atomic E-state index is 0.0277. The minimum Gasteiger partial charge on any atom is -0.398 e. The van der Waals surface area contributed by atoms with Crippen LogP contribution in [-0.4, -0.2) is 23.9 Å². The Kier molecular flexibility index (Phi) is 3.41. The largest absolute Gasteiger partial charge is 0.398 e. The summed E-state index contributed by atoms with van der Waals surface area (Å²) in [6.45, 7) is 9.40. The lowest BCUT2D eigenvalue weighted by Crippen LogP contribution is -2.41. The first-order chi connectivity index (χ1) is 8.56.